The molecule has 2 N–H and O–H groups in total. The molecule has 2 aliphatic rings. The number of hydrogen-bond donors (Lipinski definition) is 2. The second kappa shape index (κ2) is 12.6. The molecule has 4 rings (SSSR count). The van der Waals surface area contributed by atoms with Crippen molar-refractivity contribution in [3.63, 3.8) is 0 Å². The zero-order valence-electron chi connectivity index (χ0n) is 20.8. The molecule has 0 radical (unpaired) electrons. The molecule has 1 atom stereocenters. The molecule has 2 fully saturated rings. The first kappa shape index (κ1) is 25.8. The minimum absolute atomic E-state index is 0.0649. The fourth-order valence-electron chi connectivity index (χ4n) is 4.98. The quantitative estimate of drug-likeness (QED) is 0.340. The summed E-state index contributed by atoms with van der Waals surface area (Å²) in [4.78, 5) is 40.9. The van der Waals surface area contributed by atoms with Gasteiger partial charge in [0.05, 0.1) is 12.5 Å². The first-order chi connectivity index (χ1) is 17.5. The van der Waals surface area contributed by atoms with Gasteiger partial charge >= 0.3 is 0 Å². The van der Waals surface area contributed by atoms with Crippen molar-refractivity contribution in [1.82, 2.24) is 20.5 Å². The third-order valence-corrected chi connectivity index (χ3v) is 6.88. The SMILES string of the molecule is Cc1nc(NNC(=O)[C@@H](CC2CCCC2)CN(C=O)OCc2ccccc2)c(F)c(N2CCCC2)n1. The number of rotatable bonds is 12. The van der Waals surface area contributed by atoms with E-state index < -0.39 is 11.7 Å². The maximum absolute atomic E-state index is 15.2. The van der Waals surface area contributed by atoms with Crippen LogP contribution in [0.15, 0.2) is 30.3 Å². The molecule has 2 heterocycles. The summed E-state index contributed by atoms with van der Waals surface area (Å²) in [6.07, 6.45) is 7.60. The molecule has 1 aliphatic heterocycles. The van der Waals surface area contributed by atoms with E-state index in [1.165, 1.54) is 5.06 Å². The lowest BCUT2D eigenvalue weighted by molar-refractivity contribution is -0.182. The maximum Gasteiger partial charge on any atom is 0.243 e. The van der Waals surface area contributed by atoms with Crippen LogP contribution in [-0.4, -0.2) is 47.0 Å². The Morgan fingerprint density at radius 2 is 1.92 bits per heavy atom. The van der Waals surface area contributed by atoms with E-state index in [0.717, 1.165) is 57.2 Å². The van der Waals surface area contributed by atoms with Gasteiger partial charge in [0.15, 0.2) is 11.6 Å². The van der Waals surface area contributed by atoms with E-state index in [-0.39, 0.29) is 30.7 Å². The molecule has 1 saturated heterocycles. The Morgan fingerprint density at radius 1 is 1.19 bits per heavy atom. The Balaban J connectivity index is 1.41. The number of hydrazine groups is 1. The van der Waals surface area contributed by atoms with E-state index in [0.29, 0.717) is 24.6 Å². The summed E-state index contributed by atoms with van der Waals surface area (Å²) in [7, 11) is 0. The summed E-state index contributed by atoms with van der Waals surface area (Å²) >= 11 is 0. The van der Waals surface area contributed by atoms with Crippen LogP contribution < -0.4 is 15.8 Å². The Hall–Kier alpha value is -3.27. The van der Waals surface area contributed by atoms with Gasteiger partial charge in [-0.2, -0.15) is 4.39 Å². The van der Waals surface area contributed by atoms with Crippen LogP contribution in [0, 0.1) is 24.6 Å². The maximum atomic E-state index is 15.2. The molecule has 194 valence electrons. The highest BCUT2D eigenvalue weighted by atomic mass is 19.1. The topological polar surface area (TPSA) is 99.7 Å². The smallest absolute Gasteiger partial charge is 0.243 e. The third-order valence-electron chi connectivity index (χ3n) is 6.88. The van der Waals surface area contributed by atoms with E-state index in [1.54, 1.807) is 6.92 Å². The van der Waals surface area contributed by atoms with E-state index in [1.807, 2.05) is 35.2 Å². The molecule has 2 aromatic rings. The Bertz CT molecular complexity index is 1010. The molecule has 9 nitrogen and oxygen atoms in total. The van der Waals surface area contributed by atoms with Crippen LogP contribution in [0.1, 0.15) is 56.3 Å². The molecular formula is C26H35FN6O3. The normalized spacial score (nSPS) is 16.7. The first-order valence-corrected chi connectivity index (χ1v) is 12.8. The second-order valence-corrected chi connectivity index (χ2v) is 9.61. The number of hydrogen-bond acceptors (Lipinski definition) is 7. The standard InChI is InChI=1S/C26H35FN6O3/c1-19-28-24(23(27)25(29-19)32-13-7-8-14-32)30-31-26(35)22(15-20-9-5-6-10-20)16-33(18-34)36-17-21-11-3-2-4-12-21/h2-4,11-12,18,20,22H,5-10,13-17H2,1H3,(H,31,35)(H,28,29,30)/t22-/m0/s1. The lowest BCUT2D eigenvalue weighted by atomic mass is 9.92. The van der Waals surface area contributed by atoms with E-state index >= 15 is 4.39 Å². The predicted octanol–water partition coefficient (Wildman–Crippen LogP) is 3.75. The number of hydroxylamine groups is 2. The monoisotopic (exact) mass is 498 g/mol. The molecule has 1 aromatic heterocycles. The molecule has 0 unspecified atom stereocenters. The number of aryl methyl sites for hydroxylation is 1. The summed E-state index contributed by atoms with van der Waals surface area (Å²) < 4.78 is 15.2. The summed E-state index contributed by atoms with van der Waals surface area (Å²) in [6.45, 7) is 3.51. The van der Waals surface area contributed by atoms with Gasteiger partial charge < -0.3 is 4.90 Å². The van der Waals surface area contributed by atoms with Crippen molar-refractivity contribution in [2.45, 2.75) is 58.5 Å². The van der Waals surface area contributed by atoms with Crippen molar-refractivity contribution in [2.24, 2.45) is 11.8 Å². The minimum Gasteiger partial charge on any atom is -0.354 e. The van der Waals surface area contributed by atoms with E-state index in [2.05, 4.69) is 20.8 Å². The predicted molar refractivity (Wildman–Crippen MR) is 134 cm³/mol. The van der Waals surface area contributed by atoms with Crippen LogP contribution in [0.5, 0.6) is 0 Å². The average Bonchev–Trinajstić information content (AvgIpc) is 3.61. The summed E-state index contributed by atoms with van der Waals surface area (Å²) in [5, 5.41) is 1.17. The van der Waals surface area contributed by atoms with Crippen LogP contribution in [0.4, 0.5) is 16.0 Å². The van der Waals surface area contributed by atoms with Crippen LogP contribution in [0.2, 0.25) is 0 Å². The number of carbonyl (C=O) groups is 2. The zero-order chi connectivity index (χ0) is 25.3. The number of anilines is 2. The summed E-state index contributed by atoms with van der Waals surface area (Å²) in [5.41, 5.74) is 6.22. The van der Waals surface area contributed by atoms with Gasteiger partial charge in [0.1, 0.15) is 12.4 Å². The number of aromatic nitrogens is 2. The van der Waals surface area contributed by atoms with Gasteiger partial charge in [-0.3, -0.25) is 25.3 Å². The van der Waals surface area contributed by atoms with Crippen molar-refractivity contribution in [3.8, 4) is 0 Å². The fourth-order valence-corrected chi connectivity index (χ4v) is 4.98. The Labute approximate surface area is 211 Å². The van der Waals surface area contributed by atoms with Crippen molar-refractivity contribution in [2.75, 3.05) is 30.0 Å². The van der Waals surface area contributed by atoms with Gasteiger partial charge in [-0.1, -0.05) is 56.0 Å². The number of nitrogens with zero attached hydrogens (tertiary/aromatic N) is 4. The average molecular weight is 499 g/mol. The zero-order valence-corrected chi connectivity index (χ0v) is 20.8. The summed E-state index contributed by atoms with van der Waals surface area (Å²) in [5.74, 6) is -0.440. The number of halogens is 1. The number of carbonyl (C=O) groups excluding carboxylic acids is 2. The largest absolute Gasteiger partial charge is 0.354 e. The molecule has 0 spiro atoms. The lowest BCUT2D eigenvalue weighted by Crippen LogP contribution is -2.42. The van der Waals surface area contributed by atoms with Crippen molar-refractivity contribution >= 4 is 24.0 Å². The number of amides is 2. The second-order valence-electron chi connectivity index (χ2n) is 9.61. The van der Waals surface area contributed by atoms with Crippen molar-refractivity contribution < 1.29 is 18.8 Å². The van der Waals surface area contributed by atoms with E-state index in [9.17, 15) is 9.59 Å². The van der Waals surface area contributed by atoms with Gasteiger partial charge in [-0.15, -0.1) is 0 Å². The highest BCUT2D eigenvalue weighted by Crippen LogP contribution is 2.31. The van der Waals surface area contributed by atoms with Crippen molar-refractivity contribution in [3.05, 3.63) is 47.5 Å². The van der Waals surface area contributed by atoms with Crippen molar-refractivity contribution in [1.29, 1.82) is 0 Å². The molecular weight excluding hydrogens is 463 g/mol. The van der Waals surface area contributed by atoms with Crippen LogP contribution in [0.3, 0.4) is 0 Å². The third kappa shape index (κ3) is 6.90. The molecule has 1 aromatic carbocycles. The molecule has 10 heteroatoms. The van der Waals surface area contributed by atoms with E-state index in [4.69, 9.17) is 4.84 Å². The van der Waals surface area contributed by atoms with Crippen LogP contribution in [0.25, 0.3) is 0 Å². The first-order valence-electron chi connectivity index (χ1n) is 12.8. The van der Waals surface area contributed by atoms with Crippen LogP contribution in [-0.2, 0) is 21.0 Å². The molecule has 1 aliphatic carbocycles. The molecule has 36 heavy (non-hydrogen) atoms. The Morgan fingerprint density at radius 3 is 2.61 bits per heavy atom. The molecule has 0 bridgehead atoms. The Kier molecular flexibility index (Phi) is 9.05. The van der Waals surface area contributed by atoms with Gasteiger partial charge in [0, 0.05) is 13.1 Å². The molecule has 1 saturated carbocycles. The minimum atomic E-state index is -0.587. The van der Waals surface area contributed by atoms with Gasteiger partial charge in [0.2, 0.25) is 18.1 Å². The fraction of sp³-hybridized carbons (Fsp3) is 0.538. The van der Waals surface area contributed by atoms with Crippen LogP contribution >= 0.6 is 0 Å². The lowest BCUT2D eigenvalue weighted by Gasteiger charge is -2.25. The van der Waals surface area contributed by atoms with Gasteiger partial charge in [-0.25, -0.2) is 15.0 Å². The number of benzene rings is 1. The highest BCUT2D eigenvalue weighted by Gasteiger charge is 2.28. The van der Waals surface area contributed by atoms with Gasteiger partial charge in [-0.05, 0) is 37.7 Å². The number of nitrogens with one attached hydrogen (secondary N) is 2. The summed E-state index contributed by atoms with van der Waals surface area (Å²) in [6, 6.07) is 9.52. The molecule has 2 amide bonds. The van der Waals surface area contributed by atoms with Gasteiger partial charge in [0.25, 0.3) is 0 Å². The highest BCUT2D eigenvalue weighted by molar-refractivity contribution is 5.80.